The lowest BCUT2D eigenvalue weighted by Crippen LogP contribution is -2.57. The van der Waals surface area contributed by atoms with Gasteiger partial charge in [0.15, 0.2) is 0 Å². The van der Waals surface area contributed by atoms with Crippen molar-refractivity contribution in [1.82, 2.24) is 4.90 Å². The summed E-state index contributed by atoms with van der Waals surface area (Å²) in [5.41, 5.74) is 6.26. The summed E-state index contributed by atoms with van der Waals surface area (Å²) < 4.78 is 0. The van der Waals surface area contributed by atoms with Gasteiger partial charge in [0.2, 0.25) is 0 Å². The molecule has 0 aromatic rings. The van der Waals surface area contributed by atoms with E-state index in [1.807, 2.05) is 0 Å². The highest BCUT2D eigenvalue weighted by Gasteiger charge is 2.32. The summed E-state index contributed by atoms with van der Waals surface area (Å²) >= 11 is 0. The van der Waals surface area contributed by atoms with Crippen LogP contribution in [0.15, 0.2) is 0 Å². The van der Waals surface area contributed by atoms with Crippen LogP contribution in [-0.2, 0) is 0 Å². The second-order valence-electron chi connectivity index (χ2n) is 5.75. The summed E-state index contributed by atoms with van der Waals surface area (Å²) in [6, 6.07) is 0.861. The van der Waals surface area contributed by atoms with E-state index in [9.17, 15) is 5.11 Å². The van der Waals surface area contributed by atoms with Crippen LogP contribution in [0.5, 0.6) is 0 Å². The Morgan fingerprint density at radius 2 is 2.06 bits per heavy atom. The summed E-state index contributed by atoms with van der Waals surface area (Å²) in [5, 5.41) is 9.66. The van der Waals surface area contributed by atoms with E-state index in [4.69, 9.17) is 5.73 Å². The van der Waals surface area contributed by atoms with Crippen molar-refractivity contribution in [2.24, 2.45) is 11.7 Å². The molecule has 1 aliphatic rings. The molecule has 3 N–H and O–H groups in total. The van der Waals surface area contributed by atoms with Gasteiger partial charge in [-0.1, -0.05) is 33.6 Å². The Morgan fingerprint density at radius 1 is 1.35 bits per heavy atom. The van der Waals surface area contributed by atoms with Crippen LogP contribution in [0.2, 0.25) is 0 Å². The number of aliphatic hydroxyl groups excluding tert-OH is 1. The summed E-state index contributed by atoms with van der Waals surface area (Å²) in [6.07, 6.45) is 6.31. The Balaban J connectivity index is 2.69. The Kier molecular flexibility index (Phi) is 6.45. The van der Waals surface area contributed by atoms with Crippen molar-refractivity contribution < 1.29 is 5.11 Å². The quantitative estimate of drug-likeness (QED) is 0.749. The molecular weight excluding hydrogens is 212 g/mol. The van der Waals surface area contributed by atoms with Crippen LogP contribution in [-0.4, -0.2) is 41.3 Å². The molecule has 3 heteroatoms. The molecule has 0 radical (unpaired) electrons. The Hall–Kier alpha value is -0.120. The van der Waals surface area contributed by atoms with Gasteiger partial charge >= 0.3 is 0 Å². The molecule has 0 aliphatic carbocycles. The van der Waals surface area contributed by atoms with E-state index in [-0.39, 0.29) is 18.7 Å². The van der Waals surface area contributed by atoms with Crippen LogP contribution in [0.1, 0.15) is 52.9 Å². The average Bonchev–Trinajstić information content (AvgIpc) is 2.32. The molecule has 0 aromatic carbocycles. The molecule has 1 aliphatic heterocycles. The van der Waals surface area contributed by atoms with Crippen molar-refractivity contribution in [1.29, 1.82) is 0 Å². The van der Waals surface area contributed by atoms with Gasteiger partial charge in [-0.05, 0) is 31.7 Å². The molecule has 1 heterocycles. The predicted molar refractivity (Wildman–Crippen MR) is 72.9 cm³/mol. The zero-order valence-corrected chi connectivity index (χ0v) is 11.7. The number of nitrogens with zero attached hydrogens (tertiary/aromatic N) is 1. The van der Waals surface area contributed by atoms with Gasteiger partial charge in [-0.15, -0.1) is 0 Å². The number of rotatable bonds is 6. The number of hydrogen-bond donors (Lipinski definition) is 2. The SMILES string of the molecule is CCCC1CCCCN1C(CO)C(N)C(C)C. The molecule has 3 unspecified atom stereocenters. The van der Waals surface area contributed by atoms with Gasteiger partial charge in [0.1, 0.15) is 0 Å². The maximum Gasteiger partial charge on any atom is 0.0602 e. The molecule has 3 atom stereocenters. The van der Waals surface area contributed by atoms with Crippen LogP contribution >= 0.6 is 0 Å². The zero-order valence-electron chi connectivity index (χ0n) is 11.7. The van der Waals surface area contributed by atoms with Crippen LogP contribution in [0, 0.1) is 5.92 Å². The molecule has 0 aromatic heterocycles. The summed E-state index contributed by atoms with van der Waals surface area (Å²) in [6.45, 7) is 7.83. The Labute approximate surface area is 106 Å². The molecule has 1 rings (SSSR count). The molecule has 102 valence electrons. The van der Waals surface area contributed by atoms with Crippen LogP contribution < -0.4 is 5.73 Å². The van der Waals surface area contributed by atoms with E-state index >= 15 is 0 Å². The van der Waals surface area contributed by atoms with Crippen molar-refractivity contribution in [2.45, 2.75) is 71.0 Å². The third-order valence-corrected chi connectivity index (χ3v) is 4.12. The van der Waals surface area contributed by atoms with E-state index in [1.54, 1.807) is 0 Å². The Bertz CT molecular complexity index is 206. The minimum atomic E-state index is 0.0810. The predicted octanol–water partition coefficient (Wildman–Crippen LogP) is 1.99. The van der Waals surface area contributed by atoms with Gasteiger partial charge in [0.05, 0.1) is 6.61 Å². The first-order valence-corrected chi connectivity index (χ1v) is 7.24. The van der Waals surface area contributed by atoms with Gasteiger partial charge < -0.3 is 10.8 Å². The summed E-state index contributed by atoms with van der Waals surface area (Å²) in [7, 11) is 0. The smallest absolute Gasteiger partial charge is 0.0602 e. The van der Waals surface area contributed by atoms with Gasteiger partial charge in [-0.2, -0.15) is 0 Å². The average molecular weight is 242 g/mol. The summed E-state index contributed by atoms with van der Waals surface area (Å²) in [4.78, 5) is 2.48. The third kappa shape index (κ3) is 3.94. The van der Waals surface area contributed by atoms with E-state index in [2.05, 4.69) is 25.7 Å². The lowest BCUT2D eigenvalue weighted by Gasteiger charge is -2.43. The fraction of sp³-hybridized carbons (Fsp3) is 1.00. The second-order valence-corrected chi connectivity index (χ2v) is 5.75. The van der Waals surface area contributed by atoms with Crippen molar-refractivity contribution in [3.63, 3.8) is 0 Å². The maximum absolute atomic E-state index is 9.66. The largest absolute Gasteiger partial charge is 0.395 e. The molecule has 17 heavy (non-hydrogen) atoms. The number of aliphatic hydroxyl groups is 1. The van der Waals surface area contributed by atoms with Crippen LogP contribution in [0.4, 0.5) is 0 Å². The van der Waals surface area contributed by atoms with Gasteiger partial charge in [-0.3, -0.25) is 4.90 Å². The first-order valence-electron chi connectivity index (χ1n) is 7.24. The van der Waals surface area contributed by atoms with Gasteiger partial charge in [0, 0.05) is 18.1 Å². The highest BCUT2D eigenvalue weighted by atomic mass is 16.3. The topological polar surface area (TPSA) is 49.5 Å². The number of likely N-dealkylation sites (tertiary alicyclic amines) is 1. The summed E-state index contributed by atoms with van der Waals surface area (Å²) in [5.74, 6) is 0.427. The van der Waals surface area contributed by atoms with E-state index in [0.717, 1.165) is 6.54 Å². The zero-order chi connectivity index (χ0) is 12.8. The van der Waals surface area contributed by atoms with Gasteiger partial charge in [-0.25, -0.2) is 0 Å². The standard InChI is InChI=1S/C14H30N2O/c1-4-7-12-8-5-6-9-16(12)13(10-17)14(15)11(2)3/h11-14,17H,4-10,15H2,1-3H3. The number of nitrogens with two attached hydrogens (primary N) is 1. The van der Waals surface area contributed by atoms with E-state index in [0.29, 0.717) is 12.0 Å². The van der Waals surface area contributed by atoms with Crippen molar-refractivity contribution >= 4 is 0 Å². The van der Waals surface area contributed by atoms with Gasteiger partial charge in [0.25, 0.3) is 0 Å². The van der Waals surface area contributed by atoms with Crippen LogP contribution in [0.3, 0.4) is 0 Å². The molecule has 1 fully saturated rings. The highest BCUT2D eigenvalue weighted by Crippen LogP contribution is 2.25. The lowest BCUT2D eigenvalue weighted by atomic mass is 9.90. The maximum atomic E-state index is 9.66. The van der Waals surface area contributed by atoms with E-state index in [1.165, 1.54) is 32.1 Å². The lowest BCUT2D eigenvalue weighted by molar-refractivity contribution is 0.0315. The highest BCUT2D eigenvalue weighted by molar-refractivity contribution is 4.89. The van der Waals surface area contributed by atoms with E-state index < -0.39 is 0 Å². The first kappa shape index (κ1) is 14.9. The third-order valence-electron chi connectivity index (χ3n) is 4.12. The Morgan fingerprint density at radius 3 is 2.59 bits per heavy atom. The fourth-order valence-corrected chi connectivity index (χ4v) is 2.99. The minimum absolute atomic E-state index is 0.0810. The van der Waals surface area contributed by atoms with Crippen molar-refractivity contribution in [3.8, 4) is 0 Å². The molecule has 0 saturated carbocycles. The molecule has 1 saturated heterocycles. The first-order chi connectivity index (χ1) is 8.11. The van der Waals surface area contributed by atoms with Crippen molar-refractivity contribution in [2.75, 3.05) is 13.2 Å². The molecular formula is C14H30N2O. The molecule has 0 amide bonds. The molecule has 0 spiro atoms. The number of hydrogen-bond acceptors (Lipinski definition) is 3. The monoisotopic (exact) mass is 242 g/mol. The van der Waals surface area contributed by atoms with Crippen LogP contribution in [0.25, 0.3) is 0 Å². The van der Waals surface area contributed by atoms with Crippen molar-refractivity contribution in [3.05, 3.63) is 0 Å². The number of piperidine rings is 1. The molecule has 0 bridgehead atoms. The normalized spacial score (nSPS) is 26.1. The minimum Gasteiger partial charge on any atom is -0.395 e. The fourth-order valence-electron chi connectivity index (χ4n) is 2.99. The molecule has 3 nitrogen and oxygen atoms in total. The second kappa shape index (κ2) is 7.34.